The van der Waals surface area contributed by atoms with Crippen LogP contribution in [0, 0.1) is 11.3 Å². The first-order valence-corrected chi connectivity index (χ1v) is 9.48. The molecular formula is C22H20N4O4. The Labute approximate surface area is 173 Å². The van der Waals surface area contributed by atoms with E-state index in [0.29, 0.717) is 59.2 Å². The van der Waals surface area contributed by atoms with E-state index < -0.39 is 0 Å². The van der Waals surface area contributed by atoms with Crippen molar-refractivity contribution in [2.75, 3.05) is 32.3 Å². The fourth-order valence-corrected chi connectivity index (χ4v) is 3.13. The molecule has 0 aliphatic carbocycles. The number of fused-ring (bicyclic) bond motifs is 2. The van der Waals surface area contributed by atoms with Crippen molar-refractivity contribution in [2.24, 2.45) is 0 Å². The molecule has 0 saturated carbocycles. The first-order valence-electron chi connectivity index (χ1n) is 9.48. The molecule has 0 unspecified atom stereocenters. The number of benzene rings is 2. The number of rotatable bonds is 7. The van der Waals surface area contributed by atoms with Crippen molar-refractivity contribution in [3.63, 3.8) is 0 Å². The third-order valence-corrected chi connectivity index (χ3v) is 4.71. The Bertz CT molecular complexity index is 1120. The summed E-state index contributed by atoms with van der Waals surface area (Å²) in [6, 6.07) is 14.5. The molecule has 0 spiro atoms. The van der Waals surface area contributed by atoms with Gasteiger partial charge in [-0.05, 0) is 42.8 Å². The summed E-state index contributed by atoms with van der Waals surface area (Å²) in [5, 5.41) is 16.3. The van der Waals surface area contributed by atoms with Crippen molar-refractivity contribution >= 4 is 22.6 Å². The number of nitriles is 1. The number of amides is 1. The quantitative estimate of drug-likeness (QED) is 0.583. The van der Waals surface area contributed by atoms with Crippen LogP contribution in [-0.4, -0.2) is 37.9 Å². The number of nitrogens with zero attached hydrogens (tertiary/aromatic N) is 2. The highest BCUT2D eigenvalue weighted by molar-refractivity contribution is 5.94. The van der Waals surface area contributed by atoms with Crippen molar-refractivity contribution in [1.29, 1.82) is 5.26 Å². The topological polar surface area (TPSA) is 106 Å². The number of hydrogen-bond acceptors (Lipinski definition) is 7. The lowest BCUT2D eigenvalue weighted by atomic mass is 10.1. The lowest BCUT2D eigenvalue weighted by Crippen LogP contribution is -2.25. The maximum atomic E-state index is 12.2. The first-order chi connectivity index (χ1) is 14.7. The smallest absolute Gasteiger partial charge is 0.251 e. The molecule has 8 nitrogen and oxygen atoms in total. The fourth-order valence-electron chi connectivity index (χ4n) is 3.13. The second-order valence-electron chi connectivity index (χ2n) is 6.66. The average molecular weight is 404 g/mol. The van der Waals surface area contributed by atoms with Gasteiger partial charge in [0, 0.05) is 30.1 Å². The molecule has 8 heteroatoms. The Morgan fingerprint density at radius 3 is 2.67 bits per heavy atom. The molecule has 4 rings (SSSR count). The summed E-state index contributed by atoms with van der Waals surface area (Å²) in [7, 11) is 1.58. The molecule has 1 aliphatic rings. The maximum absolute atomic E-state index is 12.2. The SMILES string of the molecule is COc1ccc(C(=O)NCCCNc2nc3cc4c(cc3cc2C#N)OCO4)cc1. The summed E-state index contributed by atoms with van der Waals surface area (Å²) in [5.74, 6) is 2.37. The van der Waals surface area contributed by atoms with Crippen LogP contribution in [0.15, 0.2) is 42.5 Å². The van der Waals surface area contributed by atoms with Crippen molar-refractivity contribution in [3.05, 3.63) is 53.6 Å². The van der Waals surface area contributed by atoms with Gasteiger partial charge in [-0.3, -0.25) is 4.79 Å². The third-order valence-electron chi connectivity index (χ3n) is 4.71. The third kappa shape index (κ3) is 4.05. The van der Waals surface area contributed by atoms with E-state index in [1.165, 1.54) is 0 Å². The van der Waals surface area contributed by atoms with Crippen LogP contribution < -0.4 is 24.8 Å². The van der Waals surface area contributed by atoms with Gasteiger partial charge in [-0.25, -0.2) is 4.98 Å². The molecular weight excluding hydrogens is 384 g/mol. The van der Waals surface area contributed by atoms with Crippen molar-refractivity contribution in [3.8, 4) is 23.3 Å². The van der Waals surface area contributed by atoms with Crippen molar-refractivity contribution < 1.29 is 19.0 Å². The molecule has 2 heterocycles. The lowest BCUT2D eigenvalue weighted by molar-refractivity contribution is 0.0953. The highest BCUT2D eigenvalue weighted by atomic mass is 16.7. The molecule has 3 aromatic rings. The zero-order valence-corrected chi connectivity index (χ0v) is 16.4. The molecule has 1 aliphatic heterocycles. The Hall–Kier alpha value is -3.99. The number of carbonyl (C=O) groups excluding carboxylic acids is 1. The Morgan fingerprint density at radius 1 is 1.17 bits per heavy atom. The monoisotopic (exact) mass is 404 g/mol. The summed E-state index contributed by atoms with van der Waals surface area (Å²) in [6.07, 6.45) is 0.674. The summed E-state index contributed by atoms with van der Waals surface area (Å²) in [5.41, 5.74) is 1.74. The van der Waals surface area contributed by atoms with Crippen LogP contribution in [-0.2, 0) is 0 Å². The molecule has 1 amide bonds. The Balaban J connectivity index is 1.33. The van der Waals surface area contributed by atoms with Crippen molar-refractivity contribution in [1.82, 2.24) is 10.3 Å². The van der Waals surface area contributed by atoms with Crippen LogP contribution in [0.4, 0.5) is 5.82 Å². The number of methoxy groups -OCH3 is 1. The number of anilines is 1. The van der Waals surface area contributed by atoms with Gasteiger partial charge >= 0.3 is 0 Å². The lowest BCUT2D eigenvalue weighted by Gasteiger charge is -2.10. The molecule has 1 aromatic heterocycles. The molecule has 0 radical (unpaired) electrons. The van der Waals surface area contributed by atoms with Crippen LogP contribution in [0.2, 0.25) is 0 Å². The van der Waals surface area contributed by atoms with Gasteiger partial charge in [0.1, 0.15) is 17.6 Å². The van der Waals surface area contributed by atoms with Crippen LogP contribution in [0.25, 0.3) is 10.9 Å². The standard InChI is InChI=1S/C22H20N4O4/c1-28-17-5-3-14(4-6-17)22(27)25-8-2-7-24-21-16(12-23)9-15-10-19-20(30-13-29-19)11-18(15)26-21/h3-6,9-11H,2,7-8,13H2,1H3,(H,24,26)(H,25,27). The summed E-state index contributed by atoms with van der Waals surface area (Å²) in [6.45, 7) is 1.23. The van der Waals surface area contributed by atoms with Crippen LogP contribution >= 0.6 is 0 Å². The second kappa shape index (κ2) is 8.57. The van der Waals surface area contributed by atoms with Gasteiger partial charge in [0.25, 0.3) is 5.91 Å². The minimum absolute atomic E-state index is 0.143. The molecule has 2 N–H and O–H groups in total. The first kappa shape index (κ1) is 19.3. The summed E-state index contributed by atoms with van der Waals surface area (Å²) < 4.78 is 15.9. The molecule has 0 atom stereocenters. The van der Waals surface area contributed by atoms with Gasteiger partial charge < -0.3 is 24.8 Å². The largest absolute Gasteiger partial charge is 0.497 e. The number of pyridine rings is 1. The predicted octanol–water partition coefficient (Wildman–Crippen LogP) is 3.08. The average Bonchev–Trinajstić information content (AvgIpc) is 3.23. The van der Waals surface area contributed by atoms with E-state index in [1.807, 2.05) is 6.07 Å². The molecule has 0 fully saturated rings. The normalized spacial score (nSPS) is 11.7. The molecule has 30 heavy (non-hydrogen) atoms. The molecule has 152 valence electrons. The highest BCUT2D eigenvalue weighted by Gasteiger charge is 2.16. The number of carbonyl (C=O) groups is 1. The van der Waals surface area contributed by atoms with Gasteiger partial charge in [0.2, 0.25) is 6.79 Å². The van der Waals surface area contributed by atoms with Gasteiger partial charge in [-0.2, -0.15) is 5.26 Å². The summed E-state index contributed by atoms with van der Waals surface area (Å²) >= 11 is 0. The fraction of sp³-hybridized carbons (Fsp3) is 0.227. The minimum atomic E-state index is -0.143. The van der Waals surface area contributed by atoms with Gasteiger partial charge in [-0.1, -0.05) is 0 Å². The van der Waals surface area contributed by atoms with Gasteiger partial charge in [-0.15, -0.1) is 0 Å². The van der Waals surface area contributed by atoms with Crippen LogP contribution in [0.1, 0.15) is 22.3 Å². The van der Waals surface area contributed by atoms with E-state index in [0.717, 1.165) is 5.39 Å². The van der Waals surface area contributed by atoms with Crippen LogP contribution in [0.5, 0.6) is 17.2 Å². The molecule has 0 saturated heterocycles. The van der Waals surface area contributed by atoms with E-state index in [9.17, 15) is 10.1 Å². The number of hydrogen-bond donors (Lipinski definition) is 2. The van der Waals surface area contributed by atoms with Gasteiger partial charge in [0.15, 0.2) is 11.5 Å². The summed E-state index contributed by atoms with van der Waals surface area (Å²) in [4.78, 5) is 16.7. The van der Waals surface area contributed by atoms with E-state index in [-0.39, 0.29) is 12.7 Å². The van der Waals surface area contributed by atoms with Gasteiger partial charge in [0.05, 0.1) is 18.2 Å². The second-order valence-corrected chi connectivity index (χ2v) is 6.66. The minimum Gasteiger partial charge on any atom is -0.497 e. The number of ether oxygens (including phenoxy) is 3. The zero-order valence-electron chi connectivity index (χ0n) is 16.4. The Morgan fingerprint density at radius 2 is 1.93 bits per heavy atom. The number of aromatic nitrogens is 1. The maximum Gasteiger partial charge on any atom is 0.251 e. The zero-order chi connectivity index (χ0) is 20.9. The number of nitrogens with one attached hydrogen (secondary N) is 2. The van der Waals surface area contributed by atoms with E-state index in [1.54, 1.807) is 43.5 Å². The van der Waals surface area contributed by atoms with E-state index in [4.69, 9.17) is 14.2 Å². The highest BCUT2D eigenvalue weighted by Crippen LogP contribution is 2.36. The predicted molar refractivity (Wildman–Crippen MR) is 111 cm³/mol. The van der Waals surface area contributed by atoms with Crippen molar-refractivity contribution in [2.45, 2.75) is 6.42 Å². The Kier molecular flexibility index (Phi) is 5.52. The van der Waals surface area contributed by atoms with E-state index in [2.05, 4.69) is 21.7 Å². The van der Waals surface area contributed by atoms with E-state index >= 15 is 0 Å². The molecule has 0 bridgehead atoms. The van der Waals surface area contributed by atoms with Crippen LogP contribution in [0.3, 0.4) is 0 Å². The molecule has 2 aromatic carbocycles.